The number of likely N-dealkylation sites (N-methyl/N-ethyl adjacent to an activating group) is 1. The molecule has 3 aromatic rings. The van der Waals surface area contributed by atoms with Crippen LogP contribution in [0.4, 0.5) is 27.5 Å². The summed E-state index contributed by atoms with van der Waals surface area (Å²) in [6, 6.07) is 10.0. The summed E-state index contributed by atoms with van der Waals surface area (Å²) in [5, 5.41) is 3.28. The Morgan fingerprint density at radius 3 is 2.56 bits per heavy atom. The second kappa shape index (κ2) is 9.07. The molecule has 36 heavy (non-hydrogen) atoms. The number of hydrogen-bond acceptors (Lipinski definition) is 7. The van der Waals surface area contributed by atoms with Crippen LogP contribution in [0, 0.1) is 5.82 Å². The van der Waals surface area contributed by atoms with Crippen molar-refractivity contribution >= 4 is 50.7 Å². The largest absolute Gasteiger partial charge is 0.324 e. The number of anilines is 4. The van der Waals surface area contributed by atoms with Crippen molar-refractivity contribution in [3.8, 4) is 0 Å². The van der Waals surface area contributed by atoms with Gasteiger partial charge in [-0.1, -0.05) is 11.6 Å². The molecule has 0 saturated heterocycles. The van der Waals surface area contributed by atoms with E-state index in [-0.39, 0.29) is 27.5 Å². The molecule has 12 heteroatoms. The van der Waals surface area contributed by atoms with E-state index < -0.39 is 21.3 Å². The van der Waals surface area contributed by atoms with Crippen LogP contribution in [0.5, 0.6) is 0 Å². The van der Waals surface area contributed by atoms with Crippen LogP contribution in [0.15, 0.2) is 53.6 Å². The fourth-order valence-corrected chi connectivity index (χ4v) is 5.41. The predicted octanol–water partition coefficient (Wildman–Crippen LogP) is 3.56. The molecular formula is C24H24ClFN6O3S. The van der Waals surface area contributed by atoms with Gasteiger partial charge in [0.15, 0.2) is 0 Å². The first kappa shape index (κ1) is 24.6. The summed E-state index contributed by atoms with van der Waals surface area (Å²) < 4.78 is 41.5. The number of amides is 1. The molecule has 0 atom stereocenters. The van der Waals surface area contributed by atoms with Crippen molar-refractivity contribution in [2.45, 2.75) is 23.2 Å². The minimum Gasteiger partial charge on any atom is -0.324 e. The maximum atomic E-state index is 14.0. The maximum Gasteiger partial charge on any atom is 0.243 e. The molecule has 1 aliphatic carbocycles. The van der Waals surface area contributed by atoms with E-state index in [1.807, 2.05) is 19.0 Å². The number of nitrogens with zero attached hydrogens (tertiary/aromatic N) is 4. The molecule has 1 spiro atoms. The second-order valence-corrected chi connectivity index (χ2v) is 11.3. The van der Waals surface area contributed by atoms with E-state index in [0.29, 0.717) is 43.0 Å². The minimum atomic E-state index is -3.63. The van der Waals surface area contributed by atoms with E-state index in [4.69, 9.17) is 11.6 Å². The molecule has 1 amide bonds. The Kier molecular flexibility index (Phi) is 6.19. The molecule has 2 aliphatic rings. The van der Waals surface area contributed by atoms with Gasteiger partial charge < -0.3 is 10.2 Å². The highest BCUT2D eigenvalue weighted by Crippen LogP contribution is 2.58. The third-order valence-electron chi connectivity index (χ3n) is 6.28. The van der Waals surface area contributed by atoms with E-state index in [0.717, 1.165) is 0 Å². The van der Waals surface area contributed by atoms with Gasteiger partial charge in [-0.05, 0) is 69.4 Å². The van der Waals surface area contributed by atoms with Gasteiger partial charge in [-0.2, -0.15) is 4.98 Å². The molecule has 1 fully saturated rings. The lowest BCUT2D eigenvalue weighted by Crippen LogP contribution is -2.31. The highest BCUT2D eigenvalue weighted by molar-refractivity contribution is 7.89. The van der Waals surface area contributed by atoms with Crippen LogP contribution < -0.4 is 14.9 Å². The van der Waals surface area contributed by atoms with Gasteiger partial charge in [0, 0.05) is 30.5 Å². The number of rotatable bonds is 8. The summed E-state index contributed by atoms with van der Waals surface area (Å²) in [4.78, 5) is 25.6. The third kappa shape index (κ3) is 4.43. The zero-order valence-electron chi connectivity index (χ0n) is 19.6. The van der Waals surface area contributed by atoms with Crippen LogP contribution in [0.25, 0.3) is 0 Å². The van der Waals surface area contributed by atoms with Crippen molar-refractivity contribution in [3.63, 3.8) is 0 Å². The lowest BCUT2D eigenvalue weighted by Gasteiger charge is -2.19. The average Bonchev–Trinajstić information content (AvgIpc) is 3.59. The molecule has 1 saturated carbocycles. The summed E-state index contributed by atoms with van der Waals surface area (Å²) in [5.74, 6) is -0.157. The standard InChI is InChI=1S/C24H24ClFN6O3S/c1-31(2)12-11-28-36(34,35)17-6-4-16(5-7-17)29-23-27-14-18-21(30-23)32(22(33)24(18)9-10-24)20-13-15(26)3-8-19(20)25/h3-8,13-14,28H,9-12H2,1-2H3,(H,27,29,30). The number of carbonyl (C=O) groups excluding carboxylic acids is 1. The van der Waals surface area contributed by atoms with Crippen molar-refractivity contribution < 1.29 is 17.6 Å². The number of fused-ring (bicyclic) bond motifs is 2. The smallest absolute Gasteiger partial charge is 0.243 e. The average molecular weight is 531 g/mol. The minimum absolute atomic E-state index is 0.134. The lowest BCUT2D eigenvalue weighted by atomic mass is 10.0. The number of hydrogen-bond donors (Lipinski definition) is 2. The summed E-state index contributed by atoms with van der Waals surface area (Å²) in [7, 11) is 0.0922. The SMILES string of the molecule is CN(C)CCNS(=O)(=O)c1ccc(Nc2ncc3c(n2)N(c2cc(F)ccc2Cl)C(=O)C32CC2)cc1. The lowest BCUT2D eigenvalue weighted by molar-refractivity contribution is -0.119. The van der Waals surface area contributed by atoms with Crippen molar-refractivity contribution in [3.05, 3.63) is 65.1 Å². The first-order valence-corrected chi connectivity index (χ1v) is 13.2. The molecule has 2 heterocycles. The van der Waals surface area contributed by atoms with Crippen LogP contribution in [0.3, 0.4) is 0 Å². The van der Waals surface area contributed by atoms with Crippen molar-refractivity contribution in [1.29, 1.82) is 0 Å². The van der Waals surface area contributed by atoms with Crippen LogP contribution in [0.2, 0.25) is 5.02 Å². The molecule has 5 rings (SSSR count). The Labute approximate surface area is 213 Å². The molecule has 0 bridgehead atoms. The number of aromatic nitrogens is 2. The Balaban J connectivity index is 1.40. The Morgan fingerprint density at radius 1 is 1.17 bits per heavy atom. The van der Waals surface area contributed by atoms with Gasteiger partial charge in [-0.15, -0.1) is 0 Å². The van der Waals surface area contributed by atoms with Crippen molar-refractivity contribution in [2.75, 3.05) is 37.4 Å². The van der Waals surface area contributed by atoms with Crippen LogP contribution in [-0.4, -0.2) is 56.4 Å². The molecule has 1 aromatic heterocycles. The molecule has 1 aliphatic heterocycles. The van der Waals surface area contributed by atoms with Crippen LogP contribution in [-0.2, 0) is 20.2 Å². The topological polar surface area (TPSA) is 108 Å². The molecule has 188 valence electrons. The first-order chi connectivity index (χ1) is 17.1. The summed E-state index contributed by atoms with van der Waals surface area (Å²) in [6.45, 7) is 0.876. The fraction of sp³-hybridized carbons (Fsp3) is 0.292. The predicted molar refractivity (Wildman–Crippen MR) is 135 cm³/mol. The molecule has 2 aromatic carbocycles. The highest BCUT2D eigenvalue weighted by atomic mass is 35.5. The van der Waals surface area contributed by atoms with Gasteiger partial charge in [0.05, 0.1) is 21.0 Å². The van der Waals surface area contributed by atoms with E-state index in [1.54, 1.807) is 18.3 Å². The number of halogens is 2. The summed E-state index contributed by atoms with van der Waals surface area (Å²) in [6.07, 6.45) is 2.93. The zero-order valence-corrected chi connectivity index (χ0v) is 21.2. The monoisotopic (exact) mass is 530 g/mol. The van der Waals surface area contributed by atoms with Gasteiger partial charge in [-0.25, -0.2) is 22.5 Å². The van der Waals surface area contributed by atoms with Crippen molar-refractivity contribution in [1.82, 2.24) is 19.6 Å². The maximum absolute atomic E-state index is 14.0. The van der Waals surface area contributed by atoms with Crippen LogP contribution in [0.1, 0.15) is 18.4 Å². The van der Waals surface area contributed by atoms with Gasteiger partial charge in [0.2, 0.25) is 21.9 Å². The Morgan fingerprint density at radius 2 is 1.89 bits per heavy atom. The van der Waals surface area contributed by atoms with Crippen LogP contribution >= 0.6 is 11.6 Å². The number of benzene rings is 2. The second-order valence-electron chi connectivity index (χ2n) is 9.10. The normalized spacial score (nSPS) is 16.0. The van der Waals surface area contributed by atoms with Gasteiger partial charge in [-0.3, -0.25) is 9.69 Å². The quantitative estimate of drug-likeness (QED) is 0.458. The number of carbonyl (C=O) groups is 1. The van der Waals surface area contributed by atoms with Gasteiger partial charge in [0.1, 0.15) is 11.6 Å². The van der Waals surface area contributed by atoms with Crippen molar-refractivity contribution in [2.24, 2.45) is 0 Å². The Hall–Kier alpha value is -3.12. The fourth-order valence-electron chi connectivity index (χ4n) is 4.19. The first-order valence-electron chi connectivity index (χ1n) is 11.3. The van der Waals surface area contributed by atoms with E-state index in [2.05, 4.69) is 20.0 Å². The molecular weight excluding hydrogens is 507 g/mol. The van der Waals surface area contributed by atoms with Gasteiger partial charge >= 0.3 is 0 Å². The zero-order chi connectivity index (χ0) is 25.7. The molecule has 9 nitrogen and oxygen atoms in total. The third-order valence-corrected chi connectivity index (χ3v) is 8.08. The molecule has 2 N–H and O–H groups in total. The Bertz CT molecular complexity index is 1440. The van der Waals surface area contributed by atoms with E-state index >= 15 is 0 Å². The highest BCUT2D eigenvalue weighted by Gasteiger charge is 2.61. The van der Waals surface area contributed by atoms with Gasteiger partial charge in [0.25, 0.3) is 0 Å². The molecule has 0 radical (unpaired) electrons. The summed E-state index contributed by atoms with van der Waals surface area (Å²) in [5.41, 5.74) is 0.776. The number of nitrogens with one attached hydrogen (secondary N) is 2. The summed E-state index contributed by atoms with van der Waals surface area (Å²) >= 11 is 6.31. The number of sulfonamides is 1. The van der Waals surface area contributed by atoms with E-state index in [9.17, 15) is 17.6 Å². The van der Waals surface area contributed by atoms with E-state index in [1.165, 1.54) is 35.2 Å². The molecule has 0 unspecified atom stereocenters.